The zero-order valence-electron chi connectivity index (χ0n) is 14.7. The third-order valence-corrected chi connectivity index (χ3v) is 5.33. The quantitative estimate of drug-likeness (QED) is 0.231. The van der Waals surface area contributed by atoms with E-state index in [1.54, 1.807) is 0 Å². The van der Waals surface area contributed by atoms with Crippen molar-refractivity contribution in [2.24, 2.45) is 5.16 Å². The molecule has 0 spiro atoms. The Hall–Kier alpha value is -3.62. The van der Waals surface area contributed by atoms with Crippen molar-refractivity contribution in [1.82, 2.24) is 30.9 Å². The Morgan fingerprint density at radius 2 is 2.28 bits per heavy atom. The highest BCUT2D eigenvalue weighted by Crippen LogP contribution is 2.36. The van der Waals surface area contributed by atoms with Gasteiger partial charge in [0.25, 0.3) is 17.8 Å². The number of hydrogen-bond acceptors (Lipinski definition) is 11. The maximum atomic E-state index is 12.7. The third kappa shape index (κ3) is 3.35. The van der Waals surface area contributed by atoms with E-state index in [9.17, 15) is 19.5 Å². The summed E-state index contributed by atoms with van der Waals surface area (Å²) in [6.45, 7) is 0.135. The van der Waals surface area contributed by atoms with Crippen molar-refractivity contribution < 1.29 is 24.3 Å². The number of aromatic amines is 1. The molecule has 3 heterocycles. The fourth-order valence-electron chi connectivity index (χ4n) is 2.79. The minimum atomic E-state index is -1.46. The van der Waals surface area contributed by atoms with Crippen molar-refractivity contribution in [3.63, 3.8) is 0 Å². The van der Waals surface area contributed by atoms with Crippen LogP contribution in [0.25, 0.3) is 0 Å². The Morgan fingerprint density at radius 3 is 2.79 bits per heavy atom. The number of carbonyl (C=O) groups is 3. The van der Waals surface area contributed by atoms with Crippen molar-refractivity contribution in [3.05, 3.63) is 11.1 Å². The van der Waals surface area contributed by atoms with Gasteiger partial charge in [-0.05, 0) is 11.6 Å². The number of nitrogens with zero attached hydrogens (tertiary/aromatic N) is 6. The number of oxime groups is 1. The van der Waals surface area contributed by atoms with E-state index in [1.807, 2.05) is 0 Å². The number of carbonyl (C=O) groups excluding carboxylic acids is 2. The van der Waals surface area contributed by atoms with Gasteiger partial charge in [0.05, 0.1) is 6.54 Å². The predicted octanol–water partition coefficient (Wildman–Crippen LogP) is -1.50. The monoisotopic (exact) mass is 421 g/mol. The van der Waals surface area contributed by atoms with Gasteiger partial charge in [-0.3, -0.25) is 14.5 Å². The predicted molar refractivity (Wildman–Crippen MR) is 96.8 cm³/mol. The number of anilines is 2. The molecule has 0 radical (unpaired) electrons. The zero-order valence-corrected chi connectivity index (χ0v) is 15.5. The minimum Gasteiger partial charge on any atom is -0.478 e. The third-order valence-electron chi connectivity index (χ3n) is 4.65. The summed E-state index contributed by atoms with van der Waals surface area (Å²) in [6.07, 6.45) is 1.23. The Balaban J connectivity index is 1.49. The molecule has 0 unspecified atom stereocenters. The molecule has 2 amide bonds. The van der Waals surface area contributed by atoms with Crippen molar-refractivity contribution in [3.8, 4) is 0 Å². The van der Waals surface area contributed by atoms with E-state index in [0.717, 1.165) is 11.3 Å². The van der Waals surface area contributed by atoms with Crippen molar-refractivity contribution in [2.45, 2.75) is 30.9 Å². The van der Waals surface area contributed by atoms with E-state index in [0.29, 0.717) is 6.42 Å². The summed E-state index contributed by atoms with van der Waals surface area (Å²) < 4.78 is 0. The second-order valence-electron chi connectivity index (χ2n) is 6.44. The number of aromatic nitrogens is 5. The van der Waals surface area contributed by atoms with Gasteiger partial charge in [-0.15, -0.1) is 16.4 Å². The molecular weight excluding hydrogens is 406 g/mol. The fraction of sp³-hybridized carbons (Fsp3) is 0.429. The van der Waals surface area contributed by atoms with Gasteiger partial charge < -0.3 is 21.0 Å². The van der Waals surface area contributed by atoms with Gasteiger partial charge in [0.15, 0.2) is 10.8 Å². The average molecular weight is 421 g/mol. The lowest BCUT2D eigenvalue weighted by Crippen LogP contribution is -2.65. The lowest BCUT2D eigenvalue weighted by molar-refractivity contribution is -0.178. The lowest BCUT2D eigenvalue weighted by atomic mass is 9.80. The van der Waals surface area contributed by atoms with Crippen LogP contribution in [0, 0.1) is 0 Å². The van der Waals surface area contributed by atoms with Crippen LogP contribution in [0.3, 0.4) is 0 Å². The number of nitrogens with one attached hydrogen (secondary N) is 2. The average Bonchev–Trinajstić information content (AvgIpc) is 3.31. The number of amides is 2. The van der Waals surface area contributed by atoms with E-state index in [2.05, 4.69) is 36.1 Å². The SMILES string of the molecule is Nc1nc(C(=NOC2(C(=O)O)CCC2)C(=O)N[C@H]2CN(c3nn[nH]n3)C2=O)cs1. The Bertz CT molecular complexity index is 984. The minimum absolute atomic E-state index is 0.0957. The largest absolute Gasteiger partial charge is 0.478 e. The molecule has 2 fully saturated rings. The lowest BCUT2D eigenvalue weighted by Gasteiger charge is -2.36. The molecule has 1 aliphatic carbocycles. The fourth-order valence-corrected chi connectivity index (χ4v) is 3.34. The standard InChI is InChI=1S/C14H15N9O5S/c15-12-17-7(5-29-12)8(20-28-14(11(26)27)2-1-3-14)9(24)16-6-4-23(10(6)25)13-18-21-22-19-13/h5-6H,1-4H2,(H2,15,17)(H,16,24)(H,26,27)(H,18,19,21,22)/t6-/m0/s1. The maximum absolute atomic E-state index is 12.7. The number of rotatable bonds is 7. The molecule has 1 aliphatic heterocycles. The molecule has 1 saturated carbocycles. The summed E-state index contributed by atoms with van der Waals surface area (Å²) in [5, 5.41) is 30.3. The molecule has 29 heavy (non-hydrogen) atoms. The van der Waals surface area contributed by atoms with Gasteiger partial charge in [-0.2, -0.15) is 5.21 Å². The number of carboxylic acid groups (broad SMARTS) is 1. The number of nitrogen functional groups attached to an aromatic ring is 1. The van der Waals surface area contributed by atoms with E-state index < -0.39 is 29.4 Å². The summed E-state index contributed by atoms with van der Waals surface area (Å²) >= 11 is 1.08. The molecule has 0 bridgehead atoms. The summed E-state index contributed by atoms with van der Waals surface area (Å²) in [6, 6.07) is -0.834. The second-order valence-corrected chi connectivity index (χ2v) is 7.33. The molecule has 2 aromatic rings. The first-order chi connectivity index (χ1) is 13.9. The van der Waals surface area contributed by atoms with Crippen molar-refractivity contribution in [1.29, 1.82) is 0 Å². The highest BCUT2D eigenvalue weighted by Gasteiger charge is 2.48. The van der Waals surface area contributed by atoms with Gasteiger partial charge in [-0.25, -0.2) is 9.78 Å². The Kier molecular flexibility index (Phi) is 4.57. The number of carboxylic acids is 1. The first kappa shape index (κ1) is 18.7. The van der Waals surface area contributed by atoms with Gasteiger partial charge >= 0.3 is 5.97 Å². The van der Waals surface area contributed by atoms with E-state index in [-0.39, 0.29) is 41.9 Å². The number of H-pyrrole nitrogens is 1. The molecule has 5 N–H and O–H groups in total. The van der Waals surface area contributed by atoms with Crippen LogP contribution in [0.1, 0.15) is 25.0 Å². The van der Waals surface area contributed by atoms with Crippen LogP contribution in [0.4, 0.5) is 11.1 Å². The van der Waals surface area contributed by atoms with E-state index >= 15 is 0 Å². The maximum Gasteiger partial charge on any atom is 0.350 e. The van der Waals surface area contributed by atoms with Crippen LogP contribution in [-0.2, 0) is 19.2 Å². The number of thiazole rings is 1. The smallest absolute Gasteiger partial charge is 0.350 e. The first-order valence-corrected chi connectivity index (χ1v) is 9.34. The molecule has 0 aromatic carbocycles. The van der Waals surface area contributed by atoms with Crippen molar-refractivity contribution >= 4 is 45.9 Å². The first-order valence-electron chi connectivity index (χ1n) is 8.46. The molecule has 152 valence electrons. The van der Waals surface area contributed by atoms with Crippen LogP contribution in [-0.4, -0.2) is 72.4 Å². The number of hydrogen-bond donors (Lipinski definition) is 4. The summed E-state index contributed by atoms with van der Waals surface area (Å²) in [4.78, 5) is 46.9. The molecule has 2 aromatic heterocycles. The summed E-state index contributed by atoms with van der Waals surface area (Å²) in [5.74, 6) is -2.24. The van der Waals surface area contributed by atoms with E-state index in [1.165, 1.54) is 10.3 Å². The van der Waals surface area contributed by atoms with Gasteiger partial charge in [-0.1, -0.05) is 10.3 Å². The molecular formula is C14H15N9O5S. The van der Waals surface area contributed by atoms with Crippen LogP contribution in [0.5, 0.6) is 0 Å². The van der Waals surface area contributed by atoms with Crippen LogP contribution >= 0.6 is 11.3 Å². The number of nitrogens with two attached hydrogens (primary N) is 1. The molecule has 4 rings (SSSR count). The molecule has 15 heteroatoms. The summed E-state index contributed by atoms with van der Waals surface area (Å²) in [7, 11) is 0. The van der Waals surface area contributed by atoms with E-state index in [4.69, 9.17) is 10.6 Å². The number of β-lactam (4-membered cyclic amide) rings is 1. The Labute approximate surface area is 166 Å². The highest BCUT2D eigenvalue weighted by molar-refractivity contribution is 7.13. The highest BCUT2D eigenvalue weighted by atomic mass is 32.1. The van der Waals surface area contributed by atoms with Crippen molar-refractivity contribution in [2.75, 3.05) is 17.2 Å². The van der Waals surface area contributed by atoms with Crippen LogP contribution in [0.2, 0.25) is 0 Å². The summed E-state index contributed by atoms with van der Waals surface area (Å²) in [5.41, 5.74) is 4.01. The number of aliphatic carboxylic acids is 1. The number of tetrazole rings is 1. The molecule has 1 atom stereocenters. The van der Waals surface area contributed by atoms with Gasteiger partial charge in [0, 0.05) is 18.2 Å². The van der Waals surface area contributed by atoms with Crippen LogP contribution in [0.15, 0.2) is 10.5 Å². The second kappa shape index (κ2) is 7.08. The molecule has 2 aliphatic rings. The van der Waals surface area contributed by atoms with Gasteiger partial charge in [0.2, 0.25) is 5.60 Å². The molecule has 14 nitrogen and oxygen atoms in total. The normalized spacial score (nSPS) is 20.6. The van der Waals surface area contributed by atoms with Gasteiger partial charge in [0.1, 0.15) is 11.7 Å². The topological polar surface area (TPSA) is 202 Å². The zero-order chi connectivity index (χ0) is 20.6. The molecule has 1 saturated heterocycles. The van der Waals surface area contributed by atoms with Crippen LogP contribution < -0.4 is 16.0 Å². The Morgan fingerprint density at radius 1 is 1.48 bits per heavy atom.